The van der Waals surface area contributed by atoms with Gasteiger partial charge in [0.1, 0.15) is 12.4 Å². The van der Waals surface area contributed by atoms with Crippen molar-refractivity contribution in [3.05, 3.63) is 81.8 Å². The molecule has 1 N–H and O–H groups in total. The Kier molecular flexibility index (Phi) is 8.24. The van der Waals surface area contributed by atoms with Crippen LogP contribution in [0.15, 0.2) is 60.0 Å². The van der Waals surface area contributed by atoms with E-state index in [4.69, 9.17) is 9.47 Å². The van der Waals surface area contributed by atoms with Crippen LogP contribution in [0.4, 0.5) is 5.69 Å². The van der Waals surface area contributed by atoms with Crippen LogP contribution in [-0.2, 0) is 22.6 Å². The minimum atomic E-state index is -0.166. The fraction of sp³-hybridized carbons (Fsp3) is 0.308. The second-order valence-electron chi connectivity index (χ2n) is 7.94. The molecule has 0 aliphatic carbocycles. The summed E-state index contributed by atoms with van der Waals surface area (Å²) in [5, 5.41) is 5.94. The minimum absolute atomic E-state index is 0.166. The van der Waals surface area contributed by atoms with Gasteiger partial charge < -0.3 is 14.8 Å². The fourth-order valence-corrected chi connectivity index (χ4v) is 4.16. The lowest BCUT2D eigenvalue weighted by molar-refractivity contribution is -0.111. The van der Waals surface area contributed by atoms with E-state index in [2.05, 4.69) is 27.3 Å². The highest BCUT2D eigenvalue weighted by atomic mass is 32.1. The maximum Gasteiger partial charge on any atom is 0.248 e. The Morgan fingerprint density at radius 1 is 1.21 bits per heavy atom. The van der Waals surface area contributed by atoms with Crippen LogP contribution < -0.4 is 10.1 Å². The summed E-state index contributed by atoms with van der Waals surface area (Å²) in [7, 11) is 0. The molecule has 4 rings (SSSR count). The Labute approximate surface area is 198 Å². The Morgan fingerprint density at radius 2 is 2.03 bits per heavy atom. The largest absolute Gasteiger partial charge is 0.487 e. The Hall–Kier alpha value is -3.00. The molecule has 1 fully saturated rings. The number of benzene rings is 2. The van der Waals surface area contributed by atoms with Crippen molar-refractivity contribution in [2.45, 2.75) is 20.0 Å². The Balaban J connectivity index is 1.24. The Bertz CT molecular complexity index is 1070. The first-order valence-corrected chi connectivity index (χ1v) is 12.0. The van der Waals surface area contributed by atoms with Gasteiger partial charge in [-0.25, -0.2) is 4.98 Å². The number of anilines is 1. The summed E-state index contributed by atoms with van der Waals surface area (Å²) in [4.78, 5) is 19.2. The lowest BCUT2D eigenvalue weighted by atomic mass is 10.1. The molecule has 1 aliphatic rings. The van der Waals surface area contributed by atoms with Crippen LogP contribution in [0.2, 0.25) is 0 Å². The van der Waals surface area contributed by atoms with Crippen LogP contribution in [0.3, 0.4) is 0 Å². The monoisotopic (exact) mass is 463 g/mol. The molecule has 2 aromatic carbocycles. The Morgan fingerprint density at radius 3 is 2.79 bits per heavy atom. The lowest BCUT2D eigenvalue weighted by Crippen LogP contribution is -2.37. The SMILES string of the molecule is Cc1nc(COc2cccc(/C=C/C(=O)Nc3ccc(CCN4CCOCC4)cc3)c2)cs1. The zero-order chi connectivity index (χ0) is 22.9. The van der Waals surface area contributed by atoms with E-state index in [9.17, 15) is 4.79 Å². The molecule has 1 aliphatic heterocycles. The van der Waals surface area contributed by atoms with Gasteiger partial charge in [0.05, 0.1) is 23.9 Å². The quantitative estimate of drug-likeness (QED) is 0.472. The van der Waals surface area contributed by atoms with Crippen LogP contribution in [0, 0.1) is 6.92 Å². The van der Waals surface area contributed by atoms with Crippen molar-refractivity contribution in [1.82, 2.24) is 9.88 Å². The van der Waals surface area contributed by atoms with E-state index in [1.54, 1.807) is 17.4 Å². The van der Waals surface area contributed by atoms with Gasteiger partial charge in [0.15, 0.2) is 0 Å². The van der Waals surface area contributed by atoms with E-state index >= 15 is 0 Å². The first-order chi connectivity index (χ1) is 16.1. The predicted molar refractivity (Wildman–Crippen MR) is 133 cm³/mol. The van der Waals surface area contributed by atoms with E-state index in [1.807, 2.05) is 48.7 Å². The molecule has 0 spiro atoms. The third-order valence-corrected chi connectivity index (χ3v) is 6.20. The molecular weight excluding hydrogens is 434 g/mol. The number of thiazole rings is 1. The highest BCUT2D eigenvalue weighted by Gasteiger charge is 2.09. The van der Waals surface area contributed by atoms with E-state index in [-0.39, 0.29) is 5.91 Å². The zero-order valence-corrected chi connectivity index (χ0v) is 19.6. The molecular formula is C26H29N3O3S. The van der Waals surface area contributed by atoms with Crippen molar-refractivity contribution in [2.24, 2.45) is 0 Å². The average Bonchev–Trinajstić information content (AvgIpc) is 3.27. The maximum absolute atomic E-state index is 12.3. The van der Waals surface area contributed by atoms with E-state index in [1.165, 1.54) is 11.6 Å². The normalized spacial score (nSPS) is 14.5. The van der Waals surface area contributed by atoms with Crippen LogP contribution in [0.1, 0.15) is 21.8 Å². The van der Waals surface area contributed by atoms with Gasteiger partial charge >= 0.3 is 0 Å². The molecule has 0 unspecified atom stereocenters. The lowest BCUT2D eigenvalue weighted by Gasteiger charge is -2.26. The van der Waals surface area contributed by atoms with Crippen LogP contribution >= 0.6 is 11.3 Å². The number of nitrogens with one attached hydrogen (secondary N) is 1. The third-order valence-electron chi connectivity index (χ3n) is 5.38. The summed E-state index contributed by atoms with van der Waals surface area (Å²) in [5.41, 5.74) is 3.87. The average molecular weight is 464 g/mol. The summed E-state index contributed by atoms with van der Waals surface area (Å²) in [6, 6.07) is 15.7. The van der Waals surface area contributed by atoms with Gasteiger partial charge in [-0.3, -0.25) is 9.69 Å². The smallest absolute Gasteiger partial charge is 0.248 e. The number of nitrogens with zero attached hydrogens (tertiary/aromatic N) is 2. The molecule has 1 aromatic heterocycles. The molecule has 3 aromatic rings. The highest BCUT2D eigenvalue weighted by Crippen LogP contribution is 2.17. The van der Waals surface area contributed by atoms with E-state index < -0.39 is 0 Å². The number of hydrogen-bond donors (Lipinski definition) is 1. The number of rotatable bonds is 9. The predicted octanol–water partition coefficient (Wildman–Crippen LogP) is 4.56. The van der Waals surface area contributed by atoms with Crippen LogP contribution in [0.25, 0.3) is 6.08 Å². The summed E-state index contributed by atoms with van der Waals surface area (Å²) in [5.74, 6) is 0.580. The number of aryl methyl sites for hydroxylation is 1. The molecule has 7 heteroatoms. The molecule has 172 valence electrons. The standard InChI is InChI=1S/C26H29N3O3S/c1-20-27-24(19-33-20)18-32-25-4-2-3-22(17-25)7-10-26(30)28-23-8-5-21(6-9-23)11-12-29-13-15-31-16-14-29/h2-10,17,19H,11-16,18H2,1H3,(H,28,30)/b10-7+. The van der Waals surface area contributed by atoms with Crippen molar-refractivity contribution >= 4 is 29.0 Å². The number of morpholine rings is 1. The second kappa shape index (κ2) is 11.7. The zero-order valence-electron chi connectivity index (χ0n) is 18.8. The molecule has 0 atom stereocenters. The fourth-order valence-electron chi connectivity index (χ4n) is 3.56. The van der Waals surface area contributed by atoms with Crippen LogP contribution in [0.5, 0.6) is 5.75 Å². The second-order valence-corrected chi connectivity index (χ2v) is 9.00. The van der Waals surface area contributed by atoms with Crippen molar-refractivity contribution in [1.29, 1.82) is 0 Å². The van der Waals surface area contributed by atoms with Gasteiger partial charge in [0.2, 0.25) is 5.91 Å². The molecule has 6 nitrogen and oxygen atoms in total. The van der Waals surface area contributed by atoms with Gasteiger partial charge in [-0.05, 0) is 54.8 Å². The summed E-state index contributed by atoms with van der Waals surface area (Å²) < 4.78 is 11.2. The van der Waals surface area contributed by atoms with Gasteiger partial charge in [-0.1, -0.05) is 24.3 Å². The number of carbonyl (C=O) groups excluding carboxylic acids is 1. The van der Waals surface area contributed by atoms with E-state index in [0.717, 1.165) is 67.0 Å². The highest BCUT2D eigenvalue weighted by molar-refractivity contribution is 7.09. The number of aromatic nitrogens is 1. The van der Waals surface area contributed by atoms with Crippen LogP contribution in [-0.4, -0.2) is 48.6 Å². The molecule has 0 bridgehead atoms. The molecule has 33 heavy (non-hydrogen) atoms. The third kappa shape index (κ3) is 7.53. The van der Waals surface area contributed by atoms with E-state index in [0.29, 0.717) is 6.61 Å². The van der Waals surface area contributed by atoms with Crippen molar-refractivity contribution in [2.75, 3.05) is 38.2 Å². The number of hydrogen-bond acceptors (Lipinski definition) is 6. The molecule has 0 radical (unpaired) electrons. The summed E-state index contributed by atoms with van der Waals surface area (Å²) in [6.45, 7) is 7.09. The molecule has 1 saturated heterocycles. The van der Waals surface area contributed by atoms with Crippen molar-refractivity contribution in [3.8, 4) is 5.75 Å². The summed E-state index contributed by atoms with van der Waals surface area (Å²) >= 11 is 1.61. The number of carbonyl (C=O) groups is 1. The van der Waals surface area contributed by atoms with Gasteiger partial charge in [-0.15, -0.1) is 11.3 Å². The van der Waals surface area contributed by atoms with Crippen molar-refractivity contribution < 1.29 is 14.3 Å². The minimum Gasteiger partial charge on any atom is -0.487 e. The van der Waals surface area contributed by atoms with Gasteiger partial charge in [0, 0.05) is 36.8 Å². The maximum atomic E-state index is 12.3. The summed E-state index contributed by atoms with van der Waals surface area (Å²) in [6.07, 6.45) is 4.32. The van der Waals surface area contributed by atoms with Crippen molar-refractivity contribution in [3.63, 3.8) is 0 Å². The topological polar surface area (TPSA) is 63.7 Å². The first kappa shape index (κ1) is 23.2. The van der Waals surface area contributed by atoms with Gasteiger partial charge in [-0.2, -0.15) is 0 Å². The number of ether oxygens (including phenoxy) is 2. The molecule has 2 heterocycles. The molecule has 0 saturated carbocycles. The number of amides is 1. The first-order valence-electron chi connectivity index (χ1n) is 11.2. The molecule has 1 amide bonds. The van der Waals surface area contributed by atoms with Gasteiger partial charge in [0.25, 0.3) is 0 Å².